The Kier molecular flexibility index (Phi) is 3.89. The van der Waals surface area contributed by atoms with Gasteiger partial charge < -0.3 is 0 Å². The molecular formula is C10H11N5O4S. The second kappa shape index (κ2) is 5.45. The summed E-state index contributed by atoms with van der Waals surface area (Å²) in [5.41, 5.74) is 7.89. The molecule has 0 spiro atoms. The first-order valence-corrected chi connectivity index (χ1v) is 7.18. The van der Waals surface area contributed by atoms with Crippen LogP contribution in [0.3, 0.4) is 0 Å². The van der Waals surface area contributed by atoms with E-state index >= 15 is 0 Å². The zero-order chi connectivity index (χ0) is 14.8. The second-order valence-electron chi connectivity index (χ2n) is 4.24. The fourth-order valence-electron chi connectivity index (χ4n) is 2.06. The third kappa shape index (κ3) is 2.57. The summed E-state index contributed by atoms with van der Waals surface area (Å²) >= 11 is 0. The molecule has 1 aromatic rings. The van der Waals surface area contributed by atoms with Gasteiger partial charge >= 0.3 is 0 Å². The lowest BCUT2D eigenvalue weighted by molar-refractivity contribution is -0.387. The largest absolute Gasteiger partial charge is 0.289 e. The molecule has 1 unspecified atom stereocenters. The van der Waals surface area contributed by atoms with Crippen molar-refractivity contribution < 1.29 is 13.3 Å². The number of azide groups is 1. The fraction of sp³-hybridized carbons (Fsp3) is 0.400. The quantitative estimate of drug-likeness (QED) is 0.275. The first kappa shape index (κ1) is 14.3. The molecule has 0 saturated carbocycles. The highest BCUT2D eigenvalue weighted by Crippen LogP contribution is 2.28. The molecule has 1 heterocycles. The number of benzene rings is 1. The van der Waals surface area contributed by atoms with E-state index in [2.05, 4.69) is 10.0 Å². The lowest BCUT2D eigenvalue weighted by Crippen LogP contribution is -2.29. The van der Waals surface area contributed by atoms with Crippen LogP contribution in [-0.2, 0) is 10.0 Å². The highest BCUT2D eigenvalue weighted by atomic mass is 32.2. The number of nitrogens with zero attached hydrogens (tertiary/aromatic N) is 5. The average Bonchev–Trinajstić information content (AvgIpc) is 2.88. The molecule has 0 amide bonds. The van der Waals surface area contributed by atoms with Crippen molar-refractivity contribution in [1.82, 2.24) is 4.31 Å². The number of nitro groups is 1. The van der Waals surface area contributed by atoms with Crippen LogP contribution in [0.15, 0.2) is 34.3 Å². The number of nitro benzene ring substituents is 1. The highest BCUT2D eigenvalue weighted by Gasteiger charge is 2.35. The van der Waals surface area contributed by atoms with Crippen LogP contribution < -0.4 is 0 Å². The maximum atomic E-state index is 12.4. The third-order valence-corrected chi connectivity index (χ3v) is 4.93. The number of rotatable bonds is 4. The molecule has 9 nitrogen and oxygen atoms in total. The van der Waals surface area contributed by atoms with Crippen LogP contribution in [0.5, 0.6) is 0 Å². The lowest BCUT2D eigenvalue weighted by atomic mass is 10.3. The van der Waals surface area contributed by atoms with Gasteiger partial charge in [-0.1, -0.05) is 17.2 Å². The molecule has 1 atom stereocenters. The molecule has 1 fully saturated rings. The zero-order valence-corrected chi connectivity index (χ0v) is 11.1. The molecule has 1 aliphatic heterocycles. The van der Waals surface area contributed by atoms with Crippen molar-refractivity contribution in [1.29, 1.82) is 0 Å². The maximum Gasteiger partial charge on any atom is 0.289 e. The Bertz CT molecular complexity index is 683. The van der Waals surface area contributed by atoms with E-state index in [-0.39, 0.29) is 18.0 Å². The number of sulfonamides is 1. The van der Waals surface area contributed by atoms with E-state index in [1.165, 1.54) is 18.2 Å². The van der Waals surface area contributed by atoms with Crippen LogP contribution in [0.4, 0.5) is 5.69 Å². The summed E-state index contributed by atoms with van der Waals surface area (Å²) in [6, 6.07) is 4.75. The number of hydrogen-bond donors (Lipinski definition) is 0. The van der Waals surface area contributed by atoms with Gasteiger partial charge in [0, 0.05) is 24.1 Å². The van der Waals surface area contributed by atoms with E-state index in [0.29, 0.717) is 6.42 Å². The Morgan fingerprint density at radius 2 is 2.15 bits per heavy atom. The normalized spacial score (nSPS) is 19.5. The van der Waals surface area contributed by atoms with Gasteiger partial charge in [0.15, 0.2) is 4.90 Å². The first-order chi connectivity index (χ1) is 9.46. The van der Waals surface area contributed by atoms with Crippen molar-refractivity contribution in [3.8, 4) is 0 Å². The molecule has 1 aliphatic rings. The van der Waals surface area contributed by atoms with Crippen molar-refractivity contribution in [3.63, 3.8) is 0 Å². The molecule has 2 rings (SSSR count). The van der Waals surface area contributed by atoms with Crippen molar-refractivity contribution in [3.05, 3.63) is 44.8 Å². The summed E-state index contributed by atoms with van der Waals surface area (Å²) in [5.74, 6) is 0. The van der Waals surface area contributed by atoms with Gasteiger partial charge in [0.05, 0.1) is 11.0 Å². The van der Waals surface area contributed by atoms with Crippen LogP contribution in [-0.4, -0.2) is 36.8 Å². The molecule has 0 aromatic heterocycles. The Labute approximate surface area is 114 Å². The van der Waals surface area contributed by atoms with Gasteiger partial charge in [0.2, 0.25) is 10.0 Å². The zero-order valence-electron chi connectivity index (χ0n) is 10.3. The Hall–Kier alpha value is -2.16. The van der Waals surface area contributed by atoms with Crippen LogP contribution in [0.1, 0.15) is 6.42 Å². The average molecular weight is 297 g/mol. The van der Waals surface area contributed by atoms with E-state index in [4.69, 9.17) is 5.53 Å². The lowest BCUT2D eigenvalue weighted by Gasteiger charge is -2.15. The summed E-state index contributed by atoms with van der Waals surface area (Å²) in [6.45, 7) is 0.219. The van der Waals surface area contributed by atoms with Crippen molar-refractivity contribution in [2.75, 3.05) is 13.1 Å². The Balaban J connectivity index is 2.37. The predicted octanol–water partition coefficient (Wildman–Crippen LogP) is 1.67. The van der Waals surface area contributed by atoms with Gasteiger partial charge in [-0.3, -0.25) is 10.1 Å². The Morgan fingerprint density at radius 1 is 1.45 bits per heavy atom. The second-order valence-corrected chi connectivity index (χ2v) is 6.14. The predicted molar refractivity (Wildman–Crippen MR) is 69.4 cm³/mol. The summed E-state index contributed by atoms with van der Waals surface area (Å²) in [6.07, 6.45) is 0.407. The van der Waals surface area contributed by atoms with E-state index in [1.54, 1.807) is 0 Å². The van der Waals surface area contributed by atoms with Crippen LogP contribution in [0, 0.1) is 10.1 Å². The topological polar surface area (TPSA) is 129 Å². The van der Waals surface area contributed by atoms with Crippen LogP contribution >= 0.6 is 0 Å². The van der Waals surface area contributed by atoms with Crippen molar-refractivity contribution >= 4 is 15.7 Å². The molecule has 0 bridgehead atoms. The summed E-state index contributed by atoms with van der Waals surface area (Å²) < 4.78 is 25.9. The summed E-state index contributed by atoms with van der Waals surface area (Å²) in [4.78, 5) is 12.5. The molecule has 0 radical (unpaired) electrons. The highest BCUT2D eigenvalue weighted by molar-refractivity contribution is 7.89. The molecule has 0 aliphatic carbocycles. The van der Waals surface area contributed by atoms with Gasteiger partial charge in [0.1, 0.15) is 0 Å². The summed E-state index contributed by atoms with van der Waals surface area (Å²) in [5, 5.41) is 14.4. The molecule has 106 valence electrons. The minimum atomic E-state index is -3.96. The standard InChI is InChI=1S/C10H11N5O4S/c11-13-12-8-5-6-14(7-8)20(18,19)10-4-2-1-3-9(10)15(16)17/h1-4,8H,5-7H2. The van der Waals surface area contributed by atoms with Crippen molar-refractivity contribution in [2.24, 2.45) is 5.11 Å². The fourth-order valence-corrected chi connectivity index (χ4v) is 3.71. The minimum Gasteiger partial charge on any atom is -0.258 e. The minimum absolute atomic E-state index is 0.0401. The third-order valence-electron chi connectivity index (χ3n) is 3.02. The van der Waals surface area contributed by atoms with Gasteiger partial charge in [0.25, 0.3) is 5.69 Å². The molecule has 20 heavy (non-hydrogen) atoms. The molecule has 0 N–H and O–H groups in total. The number of hydrogen-bond acceptors (Lipinski definition) is 5. The Morgan fingerprint density at radius 3 is 2.80 bits per heavy atom. The van der Waals surface area contributed by atoms with Gasteiger partial charge in [-0.15, -0.1) is 0 Å². The number of para-hydroxylation sites is 1. The monoisotopic (exact) mass is 297 g/mol. The van der Waals surface area contributed by atoms with E-state index in [1.807, 2.05) is 0 Å². The van der Waals surface area contributed by atoms with E-state index in [9.17, 15) is 18.5 Å². The van der Waals surface area contributed by atoms with Gasteiger partial charge in [-0.25, -0.2) is 8.42 Å². The SMILES string of the molecule is [N-]=[N+]=NC1CCN(S(=O)(=O)c2ccccc2[N+](=O)[O-])C1. The maximum absolute atomic E-state index is 12.4. The molecule has 1 saturated heterocycles. The molecular weight excluding hydrogens is 286 g/mol. The molecule has 1 aromatic carbocycles. The summed E-state index contributed by atoms with van der Waals surface area (Å²) in [7, 11) is -3.96. The van der Waals surface area contributed by atoms with Crippen LogP contribution in [0.25, 0.3) is 10.4 Å². The smallest absolute Gasteiger partial charge is 0.258 e. The molecule has 10 heteroatoms. The van der Waals surface area contributed by atoms with Gasteiger partial charge in [-0.2, -0.15) is 4.31 Å². The van der Waals surface area contributed by atoms with Crippen LogP contribution in [0.2, 0.25) is 0 Å². The first-order valence-electron chi connectivity index (χ1n) is 5.74. The van der Waals surface area contributed by atoms with E-state index in [0.717, 1.165) is 10.4 Å². The van der Waals surface area contributed by atoms with Gasteiger partial charge in [-0.05, 0) is 18.0 Å². The van der Waals surface area contributed by atoms with Crippen molar-refractivity contribution in [2.45, 2.75) is 17.4 Å². The van der Waals surface area contributed by atoms with E-state index < -0.39 is 26.7 Å².